The molecular formula is C13H23N3. The molecular weight excluding hydrogens is 198 g/mol. The van der Waals surface area contributed by atoms with E-state index in [0.29, 0.717) is 0 Å². The van der Waals surface area contributed by atoms with Gasteiger partial charge in [0.25, 0.3) is 0 Å². The fourth-order valence-corrected chi connectivity index (χ4v) is 1.54. The lowest BCUT2D eigenvalue weighted by molar-refractivity contribution is 0.325. The highest BCUT2D eigenvalue weighted by Crippen LogP contribution is 1.95. The van der Waals surface area contributed by atoms with Crippen molar-refractivity contribution in [1.82, 2.24) is 15.2 Å². The zero-order valence-corrected chi connectivity index (χ0v) is 10.4. The normalized spacial score (nSPS) is 10.9. The van der Waals surface area contributed by atoms with Crippen molar-refractivity contribution >= 4 is 0 Å². The molecule has 0 aliphatic heterocycles. The number of hydrogen-bond acceptors (Lipinski definition) is 3. The van der Waals surface area contributed by atoms with Crippen LogP contribution in [0, 0.1) is 0 Å². The van der Waals surface area contributed by atoms with E-state index in [9.17, 15) is 0 Å². The molecule has 0 atom stereocenters. The summed E-state index contributed by atoms with van der Waals surface area (Å²) in [5.74, 6) is 0. The minimum absolute atomic E-state index is 0.935. The molecule has 3 heteroatoms. The lowest BCUT2D eigenvalue weighted by Gasteiger charge is -2.16. The van der Waals surface area contributed by atoms with Crippen molar-refractivity contribution in [2.24, 2.45) is 0 Å². The number of aromatic nitrogens is 1. The minimum atomic E-state index is 0.935. The quantitative estimate of drug-likeness (QED) is 0.680. The van der Waals surface area contributed by atoms with Gasteiger partial charge in [0.05, 0.1) is 0 Å². The van der Waals surface area contributed by atoms with Gasteiger partial charge in [-0.3, -0.25) is 4.98 Å². The van der Waals surface area contributed by atoms with Gasteiger partial charge in [-0.2, -0.15) is 0 Å². The van der Waals surface area contributed by atoms with Gasteiger partial charge in [-0.25, -0.2) is 0 Å². The van der Waals surface area contributed by atoms with E-state index in [1.807, 2.05) is 24.5 Å². The number of hydrogen-bond donors (Lipinski definition) is 1. The SMILES string of the molecule is CCCCN(C)CCNCc1ccncc1. The van der Waals surface area contributed by atoms with E-state index in [1.165, 1.54) is 24.9 Å². The van der Waals surface area contributed by atoms with E-state index < -0.39 is 0 Å². The van der Waals surface area contributed by atoms with Gasteiger partial charge < -0.3 is 10.2 Å². The Balaban J connectivity index is 2.03. The zero-order valence-electron chi connectivity index (χ0n) is 10.4. The highest BCUT2D eigenvalue weighted by Gasteiger charge is 1.96. The van der Waals surface area contributed by atoms with Gasteiger partial charge in [-0.05, 0) is 37.7 Å². The Kier molecular flexibility index (Phi) is 6.77. The van der Waals surface area contributed by atoms with Gasteiger partial charge in [0, 0.05) is 32.0 Å². The summed E-state index contributed by atoms with van der Waals surface area (Å²) in [7, 11) is 2.18. The van der Waals surface area contributed by atoms with Crippen LogP contribution in [0.5, 0.6) is 0 Å². The van der Waals surface area contributed by atoms with Crippen LogP contribution in [0.4, 0.5) is 0 Å². The summed E-state index contributed by atoms with van der Waals surface area (Å²) in [6.07, 6.45) is 6.24. The molecule has 1 rings (SSSR count). The summed E-state index contributed by atoms with van der Waals surface area (Å²) < 4.78 is 0. The second-order valence-corrected chi connectivity index (χ2v) is 4.19. The van der Waals surface area contributed by atoms with Crippen LogP contribution in [0.3, 0.4) is 0 Å². The van der Waals surface area contributed by atoms with Crippen molar-refractivity contribution < 1.29 is 0 Å². The third-order valence-electron chi connectivity index (χ3n) is 2.64. The summed E-state index contributed by atoms with van der Waals surface area (Å²) in [5.41, 5.74) is 1.30. The maximum atomic E-state index is 4.00. The fourth-order valence-electron chi connectivity index (χ4n) is 1.54. The van der Waals surface area contributed by atoms with Gasteiger partial charge in [-0.15, -0.1) is 0 Å². The molecule has 16 heavy (non-hydrogen) atoms. The molecule has 0 aliphatic carbocycles. The van der Waals surface area contributed by atoms with Crippen LogP contribution in [-0.2, 0) is 6.54 Å². The third kappa shape index (κ3) is 5.83. The van der Waals surface area contributed by atoms with Crippen LogP contribution in [0.1, 0.15) is 25.3 Å². The second-order valence-electron chi connectivity index (χ2n) is 4.19. The van der Waals surface area contributed by atoms with Gasteiger partial charge in [0.15, 0.2) is 0 Å². The van der Waals surface area contributed by atoms with E-state index in [0.717, 1.165) is 19.6 Å². The molecule has 90 valence electrons. The molecule has 0 saturated carbocycles. The number of nitrogens with one attached hydrogen (secondary N) is 1. The van der Waals surface area contributed by atoms with Crippen LogP contribution in [-0.4, -0.2) is 36.6 Å². The summed E-state index contributed by atoms with van der Waals surface area (Å²) in [5, 5.41) is 3.44. The molecule has 1 aromatic heterocycles. The standard InChI is InChI=1S/C13H23N3/c1-3-4-10-16(2)11-9-15-12-13-5-7-14-8-6-13/h5-8,15H,3-4,9-12H2,1-2H3. The smallest absolute Gasteiger partial charge is 0.0271 e. The second kappa shape index (κ2) is 8.25. The average molecular weight is 221 g/mol. The summed E-state index contributed by atoms with van der Waals surface area (Å²) in [6, 6.07) is 4.10. The predicted molar refractivity (Wildman–Crippen MR) is 68.3 cm³/mol. The molecule has 0 spiro atoms. The van der Waals surface area contributed by atoms with Gasteiger partial charge in [-0.1, -0.05) is 13.3 Å². The number of likely N-dealkylation sites (N-methyl/N-ethyl adjacent to an activating group) is 1. The lowest BCUT2D eigenvalue weighted by atomic mass is 10.3. The topological polar surface area (TPSA) is 28.2 Å². The Bertz CT molecular complexity index is 261. The van der Waals surface area contributed by atoms with Crippen molar-refractivity contribution in [3.05, 3.63) is 30.1 Å². The molecule has 0 unspecified atom stereocenters. The molecule has 1 heterocycles. The average Bonchev–Trinajstić information content (AvgIpc) is 2.33. The highest BCUT2D eigenvalue weighted by atomic mass is 15.1. The minimum Gasteiger partial charge on any atom is -0.311 e. The first kappa shape index (κ1) is 13.1. The van der Waals surface area contributed by atoms with Crippen molar-refractivity contribution in [3.8, 4) is 0 Å². The molecule has 0 aromatic carbocycles. The monoisotopic (exact) mass is 221 g/mol. The van der Waals surface area contributed by atoms with E-state index >= 15 is 0 Å². The Labute approximate surface area is 98.9 Å². The largest absolute Gasteiger partial charge is 0.311 e. The molecule has 1 aromatic rings. The highest BCUT2D eigenvalue weighted by molar-refractivity contribution is 5.08. The van der Waals surface area contributed by atoms with Crippen LogP contribution in [0.25, 0.3) is 0 Å². The van der Waals surface area contributed by atoms with Crippen LogP contribution in [0.15, 0.2) is 24.5 Å². The van der Waals surface area contributed by atoms with Gasteiger partial charge >= 0.3 is 0 Å². The van der Waals surface area contributed by atoms with E-state index in [-0.39, 0.29) is 0 Å². The first-order valence-electron chi connectivity index (χ1n) is 6.11. The van der Waals surface area contributed by atoms with E-state index in [4.69, 9.17) is 0 Å². The molecule has 0 saturated heterocycles. The number of unbranched alkanes of at least 4 members (excludes halogenated alkanes) is 1. The number of rotatable bonds is 8. The molecule has 0 radical (unpaired) electrons. The Morgan fingerprint density at radius 3 is 2.69 bits per heavy atom. The molecule has 3 nitrogen and oxygen atoms in total. The van der Waals surface area contributed by atoms with Crippen LogP contribution < -0.4 is 5.32 Å². The van der Waals surface area contributed by atoms with Crippen LogP contribution in [0.2, 0.25) is 0 Å². The van der Waals surface area contributed by atoms with Crippen molar-refractivity contribution in [3.63, 3.8) is 0 Å². The maximum Gasteiger partial charge on any atom is 0.0271 e. The van der Waals surface area contributed by atoms with Gasteiger partial charge in [0.2, 0.25) is 0 Å². The Hall–Kier alpha value is -0.930. The fraction of sp³-hybridized carbons (Fsp3) is 0.615. The molecule has 0 fully saturated rings. The molecule has 0 bridgehead atoms. The van der Waals surface area contributed by atoms with E-state index in [1.54, 1.807) is 0 Å². The van der Waals surface area contributed by atoms with Crippen molar-refractivity contribution in [2.75, 3.05) is 26.7 Å². The molecule has 1 N–H and O–H groups in total. The first-order valence-corrected chi connectivity index (χ1v) is 6.11. The van der Waals surface area contributed by atoms with Gasteiger partial charge in [0.1, 0.15) is 0 Å². The summed E-state index contributed by atoms with van der Waals surface area (Å²) in [6.45, 7) is 6.53. The number of nitrogens with zero attached hydrogens (tertiary/aromatic N) is 2. The summed E-state index contributed by atoms with van der Waals surface area (Å²) in [4.78, 5) is 6.38. The summed E-state index contributed by atoms with van der Waals surface area (Å²) >= 11 is 0. The Morgan fingerprint density at radius 2 is 2.00 bits per heavy atom. The predicted octanol–water partition coefficient (Wildman–Crippen LogP) is 1.90. The maximum absolute atomic E-state index is 4.00. The van der Waals surface area contributed by atoms with Crippen molar-refractivity contribution in [2.45, 2.75) is 26.3 Å². The molecule has 0 amide bonds. The van der Waals surface area contributed by atoms with Crippen LogP contribution >= 0.6 is 0 Å². The lowest BCUT2D eigenvalue weighted by Crippen LogP contribution is -2.29. The van der Waals surface area contributed by atoms with Crippen molar-refractivity contribution in [1.29, 1.82) is 0 Å². The number of pyridine rings is 1. The first-order chi connectivity index (χ1) is 7.83. The van der Waals surface area contributed by atoms with E-state index in [2.05, 4.69) is 29.2 Å². The Morgan fingerprint density at radius 1 is 1.25 bits per heavy atom. The third-order valence-corrected chi connectivity index (χ3v) is 2.64. The molecule has 0 aliphatic rings. The zero-order chi connectivity index (χ0) is 11.6.